The molecule has 0 aromatic rings. The van der Waals surface area contributed by atoms with Gasteiger partial charge in [-0.2, -0.15) is 0 Å². The molecule has 0 radical (unpaired) electrons. The van der Waals surface area contributed by atoms with Crippen molar-refractivity contribution < 1.29 is 4.74 Å². The smallest absolute Gasteiger partial charge is 0.0594 e. The van der Waals surface area contributed by atoms with Crippen LogP contribution in [0.1, 0.15) is 34.6 Å². The Labute approximate surface area is 101 Å². The number of hydrogen-bond acceptors (Lipinski definition) is 3. The first-order valence-electron chi connectivity index (χ1n) is 6.60. The van der Waals surface area contributed by atoms with Crippen LogP contribution in [0.15, 0.2) is 0 Å². The molecule has 1 saturated heterocycles. The summed E-state index contributed by atoms with van der Waals surface area (Å²) in [5, 5.41) is 3.69. The summed E-state index contributed by atoms with van der Waals surface area (Å²) in [6.45, 7) is 15.3. The first kappa shape index (κ1) is 13.9. The molecule has 3 nitrogen and oxygen atoms in total. The van der Waals surface area contributed by atoms with Crippen molar-refractivity contribution in [2.45, 2.75) is 52.7 Å². The van der Waals surface area contributed by atoms with Crippen LogP contribution in [-0.4, -0.2) is 49.3 Å². The molecule has 1 fully saturated rings. The van der Waals surface area contributed by atoms with E-state index in [1.165, 1.54) is 0 Å². The monoisotopic (exact) mass is 228 g/mol. The van der Waals surface area contributed by atoms with E-state index in [9.17, 15) is 0 Å². The second-order valence-corrected chi connectivity index (χ2v) is 5.38. The van der Waals surface area contributed by atoms with Gasteiger partial charge in [0.25, 0.3) is 0 Å². The number of hydrogen-bond donors (Lipinski definition) is 1. The van der Waals surface area contributed by atoms with Crippen molar-refractivity contribution in [3.05, 3.63) is 0 Å². The minimum Gasteiger partial charge on any atom is -0.379 e. The summed E-state index contributed by atoms with van der Waals surface area (Å²) >= 11 is 0. The van der Waals surface area contributed by atoms with Gasteiger partial charge in [0.05, 0.1) is 13.2 Å². The Bertz CT molecular complexity index is 190. The fourth-order valence-electron chi connectivity index (χ4n) is 2.05. The van der Waals surface area contributed by atoms with E-state index in [-0.39, 0.29) is 0 Å². The lowest BCUT2D eigenvalue weighted by molar-refractivity contribution is 0.0125. The maximum absolute atomic E-state index is 5.39. The highest BCUT2D eigenvalue weighted by atomic mass is 16.5. The number of nitrogens with one attached hydrogen (secondary N) is 1. The van der Waals surface area contributed by atoms with Gasteiger partial charge in [-0.25, -0.2) is 0 Å². The first-order chi connectivity index (χ1) is 7.52. The summed E-state index contributed by atoms with van der Waals surface area (Å²) in [6.07, 6.45) is 0. The zero-order valence-electron chi connectivity index (χ0n) is 11.5. The Morgan fingerprint density at radius 1 is 0.938 bits per heavy atom. The molecule has 1 N–H and O–H groups in total. The summed E-state index contributed by atoms with van der Waals surface area (Å²) in [7, 11) is 0. The fourth-order valence-corrected chi connectivity index (χ4v) is 2.05. The number of nitrogens with zero attached hydrogens (tertiary/aromatic N) is 1. The van der Waals surface area contributed by atoms with Crippen LogP contribution in [0.5, 0.6) is 0 Å². The lowest BCUT2D eigenvalue weighted by Gasteiger charge is -2.37. The molecule has 0 aliphatic carbocycles. The summed E-state index contributed by atoms with van der Waals surface area (Å²) in [5.74, 6) is 0.694. The third kappa shape index (κ3) is 4.04. The standard InChI is InChI=1S/C13H28N2O/c1-10(2)11(3)14-12(4)13(5)15-6-8-16-9-7-15/h10-14H,6-9H2,1-5H3. The van der Waals surface area contributed by atoms with Gasteiger partial charge in [-0.1, -0.05) is 13.8 Å². The van der Waals surface area contributed by atoms with Gasteiger partial charge in [0.1, 0.15) is 0 Å². The Morgan fingerprint density at radius 3 is 2.00 bits per heavy atom. The SMILES string of the molecule is CC(C)C(C)NC(C)C(C)N1CCOCC1. The molecule has 0 aromatic carbocycles. The van der Waals surface area contributed by atoms with Crippen LogP contribution in [0.2, 0.25) is 0 Å². The average Bonchev–Trinajstić information content (AvgIpc) is 2.28. The molecule has 3 heteroatoms. The van der Waals surface area contributed by atoms with Crippen molar-refractivity contribution in [3.63, 3.8) is 0 Å². The minimum absolute atomic E-state index is 0.537. The van der Waals surface area contributed by atoms with Gasteiger partial charge >= 0.3 is 0 Å². The Morgan fingerprint density at radius 2 is 1.50 bits per heavy atom. The maximum Gasteiger partial charge on any atom is 0.0594 e. The van der Waals surface area contributed by atoms with Crippen molar-refractivity contribution in [2.75, 3.05) is 26.3 Å². The summed E-state index contributed by atoms with van der Waals surface area (Å²) in [5.41, 5.74) is 0. The van der Waals surface area contributed by atoms with Gasteiger partial charge in [0.15, 0.2) is 0 Å². The molecule has 0 spiro atoms. The minimum atomic E-state index is 0.537. The second kappa shape index (κ2) is 6.58. The van der Waals surface area contributed by atoms with E-state index in [2.05, 4.69) is 44.8 Å². The lowest BCUT2D eigenvalue weighted by Crippen LogP contribution is -2.53. The van der Waals surface area contributed by atoms with Gasteiger partial charge in [0.2, 0.25) is 0 Å². The number of ether oxygens (including phenoxy) is 1. The van der Waals surface area contributed by atoms with Crippen molar-refractivity contribution in [2.24, 2.45) is 5.92 Å². The van der Waals surface area contributed by atoms with E-state index in [1.54, 1.807) is 0 Å². The quantitative estimate of drug-likeness (QED) is 0.775. The van der Waals surface area contributed by atoms with Crippen LogP contribution in [-0.2, 0) is 4.74 Å². The second-order valence-electron chi connectivity index (χ2n) is 5.38. The molecular weight excluding hydrogens is 200 g/mol. The van der Waals surface area contributed by atoms with E-state index < -0.39 is 0 Å². The highest BCUT2D eigenvalue weighted by Gasteiger charge is 2.23. The first-order valence-corrected chi connectivity index (χ1v) is 6.60. The van der Waals surface area contributed by atoms with Gasteiger partial charge in [0, 0.05) is 31.2 Å². The normalized spacial score (nSPS) is 24.4. The van der Waals surface area contributed by atoms with Crippen molar-refractivity contribution in [1.82, 2.24) is 10.2 Å². The van der Waals surface area contributed by atoms with Crippen LogP contribution >= 0.6 is 0 Å². The molecule has 3 atom stereocenters. The zero-order valence-corrected chi connectivity index (χ0v) is 11.5. The fraction of sp³-hybridized carbons (Fsp3) is 1.00. The van der Waals surface area contributed by atoms with Gasteiger partial charge in [-0.15, -0.1) is 0 Å². The van der Waals surface area contributed by atoms with Gasteiger partial charge in [-0.05, 0) is 26.7 Å². The lowest BCUT2D eigenvalue weighted by atomic mass is 10.0. The molecule has 1 aliphatic heterocycles. The Balaban J connectivity index is 2.36. The molecule has 0 aromatic heterocycles. The molecule has 0 amide bonds. The number of rotatable bonds is 5. The van der Waals surface area contributed by atoms with Crippen LogP contribution in [0.4, 0.5) is 0 Å². The van der Waals surface area contributed by atoms with Crippen molar-refractivity contribution in [1.29, 1.82) is 0 Å². The summed E-state index contributed by atoms with van der Waals surface area (Å²) in [6, 6.07) is 1.71. The third-order valence-corrected chi connectivity index (χ3v) is 3.87. The van der Waals surface area contributed by atoms with Gasteiger partial charge < -0.3 is 10.1 Å². The van der Waals surface area contributed by atoms with Crippen LogP contribution in [0, 0.1) is 5.92 Å². The molecule has 0 saturated carbocycles. The van der Waals surface area contributed by atoms with Gasteiger partial charge in [-0.3, -0.25) is 4.90 Å². The molecule has 0 bridgehead atoms. The van der Waals surface area contributed by atoms with Crippen molar-refractivity contribution in [3.8, 4) is 0 Å². The van der Waals surface area contributed by atoms with E-state index in [0.717, 1.165) is 26.3 Å². The predicted molar refractivity (Wildman–Crippen MR) is 68.8 cm³/mol. The van der Waals surface area contributed by atoms with E-state index in [4.69, 9.17) is 4.74 Å². The summed E-state index contributed by atoms with van der Waals surface area (Å²) < 4.78 is 5.39. The average molecular weight is 228 g/mol. The maximum atomic E-state index is 5.39. The predicted octanol–water partition coefficient (Wildman–Crippen LogP) is 1.73. The van der Waals surface area contributed by atoms with Crippen molar-refractivity contribution >= 4 is 0 Å². The topological polar surface area (TPSA) is 24.5 Å². The highest BCUT2D eigenvalue weighted by Crippen LogP contribution is 2.10. The Kier molecular flexibility index (Phi) is 5.73. The van der Waals surface area contributed by atoms with E-state index >= 15 is 0 Å². The highest BCUT2D eigenvalue weighted by molar-refractivity contribution is 4.81. The Hall–Kier alpha value is -0.120. The van der Waals surface area contributed by atoms with Crippen LogP contribution < -0.4 is 5.32 Å². The molecule has 1 heterocycles. The van der Waals surface area contributed by atoms with Crippen LogP contribution in [0.25, 0.3) is 0 Å². The molecule has 96 valence electrons. The molecule has 1 aliphatic rings. The zero-order chi connectivity index (χ0) is 12.1. The molecule has 3 unspecified atom stereocenters. The van der Waals surface area contributed by atoms with E-state index in [0.29, 0.717) is 24.0 Å². The summed E-state index contributed by atoms with van der Waals surface area (Å²) in [4.78, 5) is 2.52. The molecule has 16 heavy (non-hydrogen) atoms. The molecule has 1 rings (SSSR count). The largest absolute Gasteiger partial charge is 0.379 e. The third-order valence-electron chi connectivity index (χ3n) is 3.87. The van der Waals surface area contributed by atoms with Crippen LogP contribution in [0.3, 0.4) is 0 Å². The molecular formula is C13H28N2O. The number of morpholine rings is 1. The van der Waals surface area contributed by atoms with E-state index in [1.807, 2.05) is 0 Å².